The third-order valence-electron chi connectivity index (χ3n) is 10.8. The molecule has 0 radical (unpaired) electrons. The van der Waals surface area contributed by atoms with Crippen molar-refractivity contribution in [3.8, 4) is 11.1 Å². The summed E-state index contributed by atoms with van der Waals surface area (Å²) >= 11 is 13.8. The molecule has 2 aromatic carbocycles. The van der Waals surface area contributed by atoms with Crippen molar-refractivity contribution < 1.29 is 19.1 Å². The fraction of sp³-hybridized carbons (Fsp3) is 0.366. The van der Waals surface area contributed by atoms with Gasteiger partial charge < -0.3 is 10.4 Å². The van der Waals surface area contributed by atoms with E-state index >= 15 is 4.39 Å². The maximum Gasteiger partial charge on any atom is 0.320 e. The summed E-state index contributed by atoms with van der Waals surface area (Å²) < 4.78 is 15.7. The Balaban J connectivity index is 1.00. The predicted molar refractivity (Wildman–Crippen MR) is 202 cm³/mol. The number of aliphatic carboxylic acids is 1. The molecule has 52 heavy (non-hydrogen) atoms. The van der Waals surface area contributed by atoms with Crippen molar-refractivity contribution in [1.82, 2.24) is 19.8 Å². The van der Waals surface area contributed by atoms with Crippen LogP contribution in [0.1, 0.15) is 94.9 Å². The maximum atomic E-state index is 15.7. The number of nitrogens with one attached hydrogen (secondary N) is 1. The Morgan fingerprint density at radius 3 is 2.44 bits per heavy atom. The van der Waals surface area contributed by atoms with Crippen LogP contribution in [0.25, 0.3) is 23.0 Å². The molecule has 4 aliphatic rings. The van der Waals surface area contributed by atoms with Crippen LogP contribution < -0.4 is 5.32 Å². The predicted octanol–water partition coefficient (Wildman–Crippen LogP) is 9.01. The van der Waals surface area contributed by atoms with Gasteiger partial charge in [0.2, 0.25) is 0 Å². The van der Waals surface area contributed by atoms with Crippen LogP contribution in [-0.4, -0.2) is 61.9 Å². The van der Waals surface area contributed by atoms with Crippen LogP contribution in [0.4, 0.5) is 10.1 Å². The molecule has 11 heteroatoms. The molecule has 8 rings (SSSR count). The first-order valence-electron chi connectivity index (χ1n) is 18.2. The number of pyridine rings is 2. The van der Waals surface area contributed by atoms with E-state index in [4.69, 9.17) is 23.2 Å². The lowest BCUT2D eigenvalue weighted by Crippen LogP contribution is -2.44. The number of hydrogen-bond acceptors (Lipinski definition) is 6. The Hall–Kier alpha value is -4.15. The highest BCUT2D eigenvalue weighted by Gasteiger charge is 2.33. The van der Waals surface area contributed by atoms with Gasteiger partial charge in [-0.3, -0.25) is 29.4 Å². The summed E-state index contributed by atoms with van der Waals surface area (Å²) in [6.45, 7) is 3.07. The highest BCUT2D eigenvalue weighted by Crippen LogP contribution is 2.43. The van der Waals surface area contributed by atoms with Crippen molar-refractivity contribution in [3.05, 3.63) is 110 Å². The number of benzene rings is 2. The number of fused-ring (bicyclic) bond motifs is 1. The summed E-state index contributed by atoms with van der Waals surface area (Å²) in [5.74, 6) is -1.34. The molecule has 4 aromatic rings. The largest absolute Gasteiger partial charge is 0.480 e. The fourth-order valence-corrected chi connectivity index (χ4v) is 8.21. The average Bonchev–Trinajstić information content (AvgIpc) is 4.08. The topological polar surface area (TPSA) is 98.7 Å². The maximum absolute atomic E-state index is 15.7. The minimum absolute atomic E-state index is 0.261. The van der Waals surface area contributed by atoms with E-state index < -0.39 is 23.7 Å². The second-order valence-corrected chi connectivity index (χ2v) is 15.2. The van der Waals surface area contributed by atoms with Gasteiger partial charge in [0.25, 0.3) is 5.91 Å². The van der Waals surface area contributed by atoms with E-state index in [1.807, 2.05) is 29.2 Å². The van der Waals surface area contributed by atoms with E-state index in [1.54, 1.807) is 36.7 Å². The van der Waals surface area contributed by atoms with Gasteiger partial charge in [0.15, 0.2) is 0 Å². The molecule has 2 saturated carbocycles. The van der Waals surface area contributed by atoms with Gasteiger partial charge in [-0.2, -0.15) is 0 Å². The van der Waals surface area contributed by atoms with Crippen LogP contribution in [-0.2, 0) is 24.3 Å². The Morgan fingerprint density at radius 2 is 1.67 bits per heavy atom. The molecule has 2 aliphatic carbocycles. The molecule has 1 saturated heterocycles. The first-order chi connectivity index (χ1) is 25.2. The monoisotopic (exact) mass is 739 g/mol. The SMILES string of the molecule is O=C(Nc1cccc(-c2cccc(C=C(F)c3cc4c(cn3)CN(C3CC3)CC4)c2Cl)c1Cl)c1cc(C2CC2)c(CN2CCCCC2C(=O)O)cn1. The quantitative estimate of drug-likeness (QED) is 0.168. The van der Waals surface area contributed by atoms with Gasteiger partial charge in [0.05, 0.1) is 21.4 Å². The number of piperidine rings is 1. The van der Waals surface area contributed by atoms with Gasteiger partial charge in [0.1, 0.15) is 17.6 Å². The number of carboxylic acid groups (broad SMARTS) is 1. The number of carbonyl (C=O) groups is 2. The number of amides is 1. The summed E-state index contributed by atoms with van der Waals surface area (Å²) in [6, 6.07) is 14.5. The number of carboxylic acids is 1. The normalized spacial score (nSPS) is 19.7. The molecule has 3 fully saturated rings. The van der Waals surface area contributed by atoms with Gasteiger partial charge in [-0.1, -0.05) is 60.0 Å². The van der Waals surface area contributed by atoms with Gasteiger partial charge in [-0.15, -0.1) is 0 Å². The van der Waals surface area contributed by atoms with Gasteiger partial charge in [0, 0.05) is 49.2 Å². The van der Waals surface area contributed by atoms with Crippen LogP contribution in [0.15, 0.2) is 60.9 Å². The van der Waals surface area contributed by atoms with E-state index in [0.717, 1.165) is 74.0 Å². The zero-order valence-corrected chi connectivity index (χ0v) is 30.3. The average molecular weight is 741 g/mol. The lowest BCUT2D eigenvalue weighted by Gasteiger charge is -2.33. The van der Waals surface area contributed by atoms with Crippen molar-refractivity contribution in [2.45, 2.75) is 82.5 Å². The van der Waals surface area contributed by atoms with Crippen LogP contribution >= 0.6 is 23.2 Å². The summed E-state index contributed by atoms with van der Waals surface area (Å²) in [7, 11) is 0. The number of hydrogen-bond donors (Lipinski definition) is 2. The van der Waals surface area contributed by atoms with Crippen molar-refractivity contribution in [2.24, 2.45) is 0 Å². The van der Waals surface area contributed by atoms with Gasteiger partial charge in [-0.25, -0.2) is 4.39 Å². The summed E-state index contributed by atoms with van der Waals surface area (Å²) in [5.41, 5.74) is 6.91. The minimum atomic E-state index is -0.796. The van der Waals surface area contributed by atoms with E-state index in [-0.39, 0.29) is 11.4 Å². The van der Waals surface area contributed by atoms with Crippen molar-refractivity contribution in [1.29, 1.82) is 0 Å². The van der Waals surface area contributed by atoms with Crippen molar-refractivity contribution in [3.63, 3.8) is 0 Å². The second kappa shape index (κ2) is 14.7. The van der Waals surface area contributed by atoms with Crippen LogP contribution in [0.5, 0.6) is 0 Å². The molecule has 4 heterocycles. The van der Waals surface area contributed by atoms with Crippen LogP contribution in [0.3, 0.4) is 0 Å². The molecule has 1 unspecified atom stereocenters. The zero-order valence-electron chi connectivity index (χ0n) is 28.8. The molecule has 0 bridgehead atoms. The number of rotatable bonds is 10. The lowest BCUT2D eigenvalue weighted by molar-refractivity contribution is -0.144. The molecule has 2 aromatic heterocycles. The van der Waals surface area contributed by atoms with Gasteiger partial charge >= 0.3 is 5.97 Å². The standard InChI is InChI=1S/C41H40Cl2FN5O3/c42-38-26(17-33(44)35-18-25-14-16-48(29-12-13-29)22-27(25)20-45-35)5-3-6-30(38)31-7-4-8-34(39(31)43)47-40(50)36-19-32(24-10-11-24)28(21-46-36)23-49-15-2-1-9-37(49)41(51)52/h3-8,17-21,24,29,37H,1-2,9-16,22-23H2,(H,47,50)(H,51,52). The first kappa shape index (κ1) is 34.9. The Labute approximate surface area is 312 Å². The first-order valence-corrected chi connectivity index (χ1v) is 18.9. The van der Waals surface area contributed by atoms with E-state index in [1.165, 1.54) is 18.9 Å². The highest BCUT2D eigenvalue weighted by molar-refractivity contribution is 6.39. The molecule has 0 spiro atoms. The van der Waals surface area contributed by atoms with E-state index in [2.05, 4.69) is 20.2 Å². The smallest absolute Gasteiger partial charge is 0.320 e. The third kappa shape index (κ3) is 7.37. The number of aromatic nitrogens is 2. The second-order valence-electron chi connectivity index (χ2n) is 14.5. The number of likely N-dealkylation sites (tertiary alicyclic amines) is 1. The molecule has 1 amide bonds. The number of halogens is 3. The summed E-state index contributed by atoms with van der Waals surface area (Å²) in [5, 5.41) is 13.3. The lowest BCUT2D eigenvalue weighted by atomic mass is 9.99. The molecule has 2 aliphatic heterocycles. The van der Waals surface area contributed by atoms with Crippen molar-refractivity contribution >= 4 is 52.7 Å². The minimum Gasteiger partial charge on any atom is -0.480 e. The molecule has 1 atom stereocenters. The summed E-state index contributed by atoms with van der Waals surface area (Å²) in [6.07, 6.45) is 12.9. The Morgan fingerprint density at radius 1 is 0.904 bits per heavy atom. The fourth-order valence-electron chi connectivity index (χ4n) is 7.66. The molecule has 8 nitrogen and oxygen atoms in total. The number of anilines is 1. The number of nitrogens with zero attached hydrogens (tertiary/aromatic N) is 4. The highest BCUT2D eigenvalue weighted by atomic mass is 35.5. The number of carbonyl (C=O) groups excluding carboxylic acids is 1. The van der Waals surface area contributed by atoms with Crippen LogP contribution in [0.2, 0.25) is 10.0 Å². The zero-order chi connectivity index (χ0) is 35.9. The molecule has 268 valence electrons. The van der Waals surface area contributed by atoms with E-state index in [0.29, 0.717) is 57.3 Å². The Bertz CT molecular complexity index is 2080. The van der Waals surface area contributed by atoms with E-state index in [9.17, 15) is 14.7 Å². The molecule has 2 N–H and O–H groups in total. The van der Waals surface area contributed by atoms with Crippen molar-refractivity contribution in [2.75, 3.05) is 18.4 Å². The van der Waals surface area contributed by atoms with Gasteiger partial charge in [-0.05, 0) is 110 Å². The third-order valence-corrected chi connectivity index (χ3v) is 11.7. The summed E-state index contributed by atoms with van der Waals surface area (Å²) in [4.78, 5) is 38.9. The Kier molecular flexibility index (Phi) is 9.87. The molecular weight excluding hydrogens is 700 g/mol. The van der Waals surface area contributed by atoms with Crippen LogP contribution in [0, 0.1) is 0 Å². The molecular formula is C41H40Cl2FN5O3.